The number of nitrogens with zero attached hydrogens (tertiary/aromatic N) is 8. The van der Waals surface area contributed by atoms with E-state index in [0.29, 0.717) is 36.0 Å². The molecule has 1 aliphatic heterocycles. The molecule has 1 fully saturated rings. The molecule has 570 valence electrons. The number of likely N-dealkylation sites (N-methyl/N-ethyl adjacent to an activating group) is 4. The van der Waals surface area contributed by atoms with Gasteiger partial charge in [0.1, 0.15) is 78.4 Å². The summed E-state index contributed by atoms with van der Waals surface area (Å²) in [5.41, 5.74) is 10.9. The van der Waals surface area contributed by atoms with Crippen molar-refractivity contribution < 1.29 is 67.4 Å². The summed E-state index contributed by atoms with van der Waals surface area (Å²) < 4.78 is 0. The number of rotatable bonds is 42. The number of benzene rings is 3. The molecule has 12 amide bonds. The molecular formula is C72H104ClN15O14S2. The van der Waals surface area contributed by atoms with Gasteiger partial charge in [0.05, 0.1) is 0 Å². The predicted octanol–water partition coefficient (Wildman–Crippen LogP) is 4.39. The fourth-order valence-electron chi connectivity index (χ4n) is 11.8. The molecule has 0 unspecified atom stereocenters. The van der Waals surface area contributed by atoms with Crippen LogP contribution in [-0.2, 0) is 81.6 Å². The van der Waals surface area contributed by atoms with Crippen LogP contribution in [-0.4, -0.2) is 238 Å². The van der Waals surface area contributed by atoms with Gasteiger partial charge in [0, 0.05) is 71.2 Å². The van der Waals surface area contributed by atoms with Crippen molar-refractivity contribution in [3.63, 3.8) is 0 Å². The van der Waals surface area contributed by atoms with Gasteiger partial charge in [-0.2, -0.15) is 0 Å². The lowest BCUT2D eigenvalue weighted by atomic mass is 9.99. The van der Waals surface area contributed by atoms with Gasteiger partial charge in [-0.15, -0.1) is 11.6 Å². The highest BCUT2D eigenvalue weighted by atomic mass is 35.5. The number of hydrogen-bond acceptors (Lipinski definition) is 16. The van der Waals surface area contributed by atoms with E-state index in [2.05, 4.69) is 47.2 Å². The second-order valence-corrected chi connectivity index (χ2v) is 29.8. The molecule has 0 aliphatic carbocycles. The average molecular weight is 1500 g/mol. The van der Waals surface area contributed by atoms with Gasteiger partial charge >= 0.3 is 5.97 Å². The van der Waals surface area contributed by atoms with Crippen molar-refractivity contribution in [3.05, 3.63) is 118 Å². The van der Waals surface area contributed by atoms with Gasteiger partial charge in [0.2, 0.25) is 70.9 Å². The summed E-state index contributed by atoms with van der Waals surface area (Å²) in [4.78, 5) is 191. The Morgan fingerprint density at radius 3 is 1.54 bits per heavy atom. The van der Waals surface area contributed by atoms with Crippen LogP contribution in [0, 0.1) is 11.8 Å². The van der Waals surface area contributed by atoms with Crippen LogP contribution in [0.5, 0.6) is 0 Å². The Morgan fingerprint density at radius 1 is 0.538 bits per heavy atom. The molecule has 104 heavy (non-hydrogen) atoms. The molecule has 1 aliphatic rings. The smallest absolute Gasteiger partial charge is 0.326 e. The molecule has 12 atom stereocenters. The van der Waals surface area contributed by atoms with Crippen LogP contribution in [0.25, 0.3) is 10.4 Å². The molecule has 3 aromatic carbocycles. The largest absolute Gasteiger partial charge is 0.480 e. The summed E-state index contributed by atoms with van der Waals surface area (Å²) in [6.07, 6.45) is 3.41. The first kappa shape index (κ1) is 87.5. The lowest BCUT2D eigenvalue weighted by molar-refractivity contribution is -0.150. The number of halogens is 1. The molecule has 0 spiro atoms. The fourth-order valence-corrected chi connectivity index (χ4v) is 13.2. The second kappa shape index (κ2) is 44.0. The summed E-state index contributed by atoms with van der Waals surface area (Å²) in [5, 5.41) is 32.4. The van der Waals surface area contributed by atoms with Crippen LogP contribution in [0.4, 0.5) is 0 Å². The van der Waals surface area contributed by atoms with E-state index in [1.807, 2.05) is 27.7 Å². The fraction of sp³-hybridized carbons (Fsp3) is 0.569. The zero-order chi connectivity index (χ0) is 77.5. The van der Waals surface area contributed by atoms with Gasteiger partial charge in [-0.25, -0.2) is 4.79 Å². The molecule has 8 N–H and O–H groups in total. The van der Waals surface area contributed by atoms with Crippen molar-refractivity contribution >= 4 is 110 Å². The first-order chi connectivity index (χ1) is 49.3. The summed E-state index contributed by atoms with van der Waals surface area (Å²) in [7, 11) is 8.16. The van der Waals surface area contributed by atoms with Crippen LogP contribution >= 0.6 is 33.2 Å². The first-order valence-electron chi connectivity index (χ1n) is 34.8. The van der Waals surface area contributed by atoms with Gasteiger partial charge in [-0.3, -0.25) is 57.5 Å². The molecule has 1 heterocycles. The van der Waals surface area contributed by atoms with Crippen molar-refractivity contribution in [2.45, 2.75) is 192 Å². The monoisotopic (exact) mass is 1500 g/mol. The summed E-state index contributed by atoms with van der Waals surface area (Å²) >= 11 is 5.82. The average Bonchev–Trinajstić information content (AvgIpc) is 1.55. The number of azide groups is 1. The number of alkyl halides is 1. The molecule has 1 saturated heterocycles. The standard InChI is InChI=1S/C72H104ClN15O14S2/c1-43(2)36-55(81-63(92)52(32-23-24-34-75-83-74)79-64(93)53(78-60(89)41-73)38-49-26-17-14-18-27-49)69(98)85(10)48(8)68(97)86(11)58(37-44(3)4)66(95)77-46(6)67(96)87(12)59(40-51-30-21-16-22-31-51)71(100)84(9)47(7)62(91)76-45(5)61(90)80-54(39-50-28-19-15-20-29-50)65(94)82-56(42-104-103-13)70(99)88-35-25-33-57(88)72(101)102/h14-22,26-31,43-48,52-59H,23-25,32-42H2,1-13H3,(H,76,91)(H,77,95)(H,78,89)(H,79,93)(H,80,90)(H,81,92)(H,82,94)(H,101,102)/t45-,46-,47-,48-,52-,53-,54-,55-,56-,57-,58-,59-/m0/s1. The van der Waals surface area contributed by atoms with Gasteiger partial charge in [-0.05, 0) is 107 Å². The number of carbonyl (C=O) groups excluding carboxylic acids is 12. The minimum Gasteiger partial charge on any atom is -0.480 e. The van der Waals surface area contributed by atoms with Crippen molar-refractivity contribution in [1.29, 1.82) is 0 Å². The molecule has 0 aromatic heterocycles. The summed E-state index contributed by atoms with van der Waals surface area (Å²) in [6, 6.07) is 11.7. The Kier molecular flexibility index (Phi) is 37.0. The van der Waals surface area contributed by atoms with Crippen molar-refractivity contribution in [2.24, 2.45) is 17.0 Å². The van der Waals surface area contributed by atoms with E-state index in [1.165, 1.54) is 87.3 Å². The first-order valence-corrected chi connectivity index (χ1v) is 38.1. The predicted molar refractivity (Wildman–Crippen MR) is 399 cm³/mol. The van der Waals surface area contributed by atoms with Crippen LogP contribution < -0.4 is 37.2 Å². The molecule has 29 nitrogen and oxygen atoms in total. The van der Waals surface area contributed by atoms with E-state index in [9.17, 15) is 67.4 Å². The number of amides is 12. The highest BCUT2D eigenvalue weighted by Crippen LogP contribution is 2.24. The van der Waals surface area contributed by atoms with Crippen LogP contribution in [0.3, 0.4) is 0 Å². The molecule has 0 radical (unpaired) electrons. The lowest BCUT2D eigenvalue weighted by Gasteiger charge is -2.36. The van der Waals surface area contributed by atoms with E-state index in [0.717, 1.165) is 14.7 Å². The molecule has 4 rings (SSSR count). The van der Waals surface area contributed by atoms with Crippen LogP contribution in [0.2, 0.25) is 0 Å². The molecule has 3 aromatic rings. The van der Waals surface area contributed by atoms with Gasteiger partial charge < -0.3 is 66.8 Å². The Hall–Kier alpha value is -8.93. The lowest BCUT2D eigenvalue weighted by Crippen LogP contribution is -2.60. The normalized spacial score (nSPS) is 15.8. The van der Waals surface area contributed by atoms with E-state index in [1.54, 1.807) is 97.3 Å². The topological polar surface area (TPSA) is 391 Å². The van der Waals surface area contributed by atoms with Crippen LogP contribution in [0.1, 0.15) is 117 Å². The third kappa shape index (κ3) is 27.3. The summed E-state index contributed by atoms with van der Waals surface area (Å²) in [6.45, 7) is 13.3. The Bertz CT molecular complexity index is 3450. The zero-order valence-corrected chi connectivity index (χ0v) is 64.1. The zero-order valence-electron chi connectivity index (χ0n) is 61.7. The number of aliphatic carboxylic acids is 1. The Labute approximate surface area is 622 Å². The number of unbranched alkanes of at least 4 members (excludes halogenated alkanes) is 1. The molecule has 32 heteroatoms. The van der Waals surface area contributed by atoms with Gasteiger partial charge in [0.15, 0.2) is 0 Å². The highest BCUT2D eigenvalue weighted by molar-refractivity contribution is 8.76. The van der Waals surface area contributed by atoms with Gasteiger partial charge in [0.25, 0.3) is 0 Å². The molecule has 0 bridgehead atoms. The van der Waals surface area contributed by atoms with E-state index in [4.69, 9.17) is 17.1 Å². The van der Waals surface area contributed by atoms with Crippen molar-refractivity contribution in [1.82, 2.24) is 61.7 Å². The maximum Gasteiger partial charge on any atom is 0.326 e. The third-order valence-corrected chi connectivity index (χ3v) is 20.1. The van der Waals surface area contributed by atoms with Crippen molar-refractivity contribution in [3.8, 4) is 0 Å². The van der Waals surface area contributed by atoms with E-state index >= 15 is 0 Å². The maximum atomic E-state index is 14.8. The minimum atomic E-state index is -1.31. The third-order valence-electron chi connectivity index (χ3n) is 18.0. The number of likely N-dealkylation sites (tertiary alicyclic amines) is 1. The Morgan fingerprint density at radius 2 is 1.02 bits per heavy atom. The quantitative estimate of drug-likeness (QED) is 0.00973. The minimum absolute atomic E-state index is 0.0259. The highest BCUT2D eigenvalue weighted by Gasteiger charge is 2.42. The number of hydrogen-bond donors (Lipinski definition) is 8. The van der Waals surface area contributed by atoms with E-state index in [-0.39, 0.29) is 75.6 Å². The SMILES string of the molecule is CSSC[C@H](NC(=O)[C@H](Cc1ccccc1)NC(=O)[C@H](C)NC(=O)[C@H](C)N(C)C(=O)[C@H](Cc1ccccc1)N(C)C(=O)[C@H](C)NC(=O)[C@H](CC(C)C)N(C)C(=O)[C@H](C)N(C)C(=O)[C@H](CC(C)C)NC(=O)[C@H](CCCCN=[N+]=[N-])NC(=O)[C@H](Cc1ccccc1)NC(=O)CCl)C(=O)N1CCC[C@H]1C(=O)O. The summed E-state index contributed by atoms with van der Waals surface area (Å²) in [5.74, 6) is -10.2. The second-order valence-electron chi connectivity index (χ2n) is 26.9. The number of carboxylic acid groups (broad SMARTS) is 1. The molecular weight excluding hydrogens is 1400 g/mol. The number of carbonyl (C=O) groups is 13. The Balaban J connectivity index is 1.51. The maximum absolute atomic E-state index is 14.8. The van der Waals surface area contributed by atoms with E-state index < -0.39 is 155 Å². The number of carboxylic acids is 1. The van der Waals surface area contributed by atoms with Crippen LogP contribution in [0.15, 0.2) is 96.1 Å². The van der Waals surface area contributed by atoms with Gasteiger partial charge in [-0.1, -0.05) is 152 Å². The number of nitrogens with one attached hydrogen (secondary N) is 7. The van der Waals surface area contributed by atoms with Crippen molar-refractivity contribution in [2.75, 3.05) is 59.2 Å². The molecule has 0 saturated carbocycles.